The van der Waals surface area contributed by atoms with Gasteiger partial charge < -0.3 is 9.47 Å². The summed E-state index contributed by atoms with van der Waals surface area (Å²) in [6.07, 6.45) is 14.1. The van der Waals surface area contributed by atoms with E-state index in [1.807, 2.05) is 24.3 Å². The molecule has 0 radical (unpaired) electrons. The molecule has 0 heterocycles. The number of hydrogen-bond donors (Lipinski definition) is 0. The molecule has 5 aromatic carbocycles. The van der Waals surface area contributed by atoms with Crippen molar-refractivity contribution in [1.82, 2.24) is 0 Å². The van der Waals surface area contributed by atoms with Crippen LogP contribution in [0.4, 0.5) is 0 Å². The molecule has 0 aliphatic carbocycles. The minimum Gasteiger partial charge on any atom is -0.364 e. The van der Waals surface area contributed by atoms with Gasteiger partial charge in [-0.05, 0) is 82.6 Å². The monoisotopic (exact) mass is 646 g/mol. The van der Waals surface area contributed by atoms with Crippen molar-refractivity contribution in [3.05, 3.63) is 129 Å². The van der Waals surface area contributed by atoms with E-state index >= 15 is 0 Å². The summed E-state index contributed by atoms with van der Waals surface area (Å²) in [6.45, 7) is 4.94. The molecule has 0 fully saturated rings. The van der Waals surface area contributed by atoms with Crippen LogP contribution in [0.1, 0.15) is 71.2 Å². The number of ether oxygens (including phenoxy) is 2. The molecule has 0 aliphatic heterocycles. The normalized spacial score (nSPS) is 9.92. The van der Waals surface area contributed by atoms with E-state index in [9.17, 15) is 0 Å². The van der Waals surface area contributed by atoms with Crippen LogP contribution in [0.15, 0.2) is 84.9 Å². The van der Waals surface area contributed by atoms with Crippen LogP contribution >= 0.6 is 0 Å². The third-order valence-electron chi connectivity index (χ3n) is 8.30. The van der Waals surface area contributed by atoms with Crippen LogP contribution < -0.4 is 0 Å². The molecule has 0 amide bonds. The first-order chi connectivity index (χ1) is 24.7. The van der Waals surface area contributed by atoms with Gasteiger partial charge >= 0.3 is 0 Å². The van der Waals surface area contributed by atoms with Crippen molar-refractivity contribution < 1.29 is 9.47 Å². The Labute approximate surface area is 297 Å². The van der Waals surface area contributed by atoms with Gasteiger partial charge in [0.1, 0.15) is 13.2 Å². The van der Waals surface area contributed by atoms with Gasteiger partial charge in [-0.1, -0.05) is 108 Å². The first-order valence-corrected chi connectivity index (χ1v) is 16.7. The summed E-state index contributed by atoms with van der Waals surface area (Å²) in [7, 11) is 0. The number of terminal acetylenes is 2. The molecule has 0 unspecified atom stereocenters. The largest absolute Gasteiger partial charge is 0.364 e. The minimum atomic E-state index is 0.323. The van der Waals surface area contributed by atoms with Gasteiger partial charge in [-0.3, -0.25) is 0 Å². The zero-order chi connectivity index (χ0) is 35.0. The van der Waals surface area contributed by atoms with Gasteiger partial charge in [-0.25, -0.2) is 0 Å². The zero-order valence-electron chi connectivity index (χ0n) is 28.7. The maximum absolute atomic E-state index is 5.99. The second-order valence-electron chi connectivity index (χ2n) is 11.6. The Morgan fingerprint density at radius 2 is 0.980 bits per heavy atom. The van der Waals surface area contributed by atoms with Crippen LogP contribution in [0.25, 0.3) is 21.5 Å². The maximum Gasteiger partial charge on any atom is 0.108 e. The molecule has 0 spiro atoms. The highest BCUT2D eigenvalue weighted by Gasteiger charge is 2.12. The van der Waals surface area contributed by atoms with Gasteiger partial charge in [-0.15, -0.1) is 36.5 Å². The van der Waals surface area contributed by atoms with Crippen LogP contribution in [-0.4, -0.2) is 13.2 Å². The van der Waals surface area contributed by atoms with Crippen molar-refractivity contribution in [2.24, 2.45) is 0 Å². The molecule has 0 atom stereocenters. The predicted octanol–water partition coefficient (Wildman–Crippen LogP) is 9.00. The first-order valence-electron chi connectivity index (χ1n) is 16.7. The highest BCUT2D eigenvalue weighted by molar-refractivity contribution is 5.90. The van der Waals surface area contributed by atoms with Crippen LogP contribution in [0.2, 0.25) is 0 Å². The van der Waals surface area contributed by atoms with Gasteiger partial charge in [0, 0.05) is 35.1 Å². The smallest absolute Gasteiger partial charge is 0.108 e. The molecule has 0 saturated carbocycles. The van der Waals surface area contributed by atoms with E-state index in [2.05, 4.69) is 120 Å². The summed E-state index contributed by atoms with van der Waals surface area (Å²) in [4.78, 5) is 0. The third kappa shape index (κ3) is 9.07. The molecule has 0 saturated heterocycles. The average molecular weight is 647 g/mol. The summed E-state index contributed by atoms with van der Waals surface area (Å²) in [5, 5.41) is 4.46. The van der Waals surface area contributed by atoms with Gasteiger partial charge in [-0.2, -0.15) is 0 Å². The van der Waals surface area contributed by atoms with Crippen molar-refractivity contribution in [1.29, 1.82) is 0 Å². The van der Waals surface area contributed by atoms with E-state index in [-0.39, 0.29) is 0 Å². The maximum atomic E-state index is 5.99. The summed E-state index contributed by atoms with van der Waals surface area (Å²) < 4.78 is 12.0. The lowest BCUT2D eigenvalue weighted by Gasteiger charge is -2.12. The fourth-order valence-electron chi connectivity index (χ4n) is 5.75. The van der Waals surface area contributed by atoms with E-state index < -0.39 is 0 Å². The number of rotatable bonds is 10. The number of fused-ring (bicyclic) bond motifs is 2. The Morgan fingerprint density at radius 1 is 0.520 bits per heavy atom. The Kier molecular flexibility index (Phi) is 13.0. The molecule has 2 heteroatoms. The fraction of sp³-hybridized carbons (Fsp3) is 0.208. The van der Waals surface area contributed by atoms with Gasteiger partial charge in [0.05, 0.1) is 13.2 Å². The Morgan fingerprint density at radius 3 is 1.42 bits per heavy atom. The molecule has 2 nitrogen and oxygen atoms in total. The molecule has 50 heavy (non-hydrogen) atoms. The second kappa shape index (κ2) is 18.4. The highest BCUT2D eigenvalue weighted by atomic mass is 16.5. The van der Waals surface area contributed by atoms with Crippen molar-refractivity contribution in [2.75, 3.05) is 13.2 Å². The van der Waals surface area contributed by atoms with Crippen LogP contribution in [-0.2, 0) is 35.5 Å². The average Bonchev–Trinajstić information content (AvgIpc) is 3.15. The van der Waals surface area contributed by atoms with Gasteiger partial charge in [0.25, 0.3) is 0 Å². The second-order valence-corrected chi connectivity index (χ2v) is 11.6. The number of hydrogen-bond acceptors (Lipinski definition) is 2. The van der Waals surface area contributed by atoms with E-state index in [1.54, 1.807) is 13.8 Å². The Bertz CT molecular complexity index is 2180. The molecule has 0 bridgehead atoms. The third-order valence-corrected chi connectivity index (χ3v) is 8.30. The SMILES string of the molecule is C#CCCc1ccc2ccccc2c1C#Cc1cc(C#Cc2c(CCC#C)ccc3ccccc23)c(COCC#CC)cc1COCC#CC. The molecule has 0 N–H and O–H groups in total. The topological polar surface area (TPSA) is 18.5 Å². The van der Waals surface area contributed by atoms with Gasteiger partial charge in [0.2, 0.25) is 0 Å². The number of benzene rings is 5. The van der Waals surface area contributed by atoms with E-state index in [0.29, 0.717) is 39.3 Å². The van der Waals surface area contributed by atoms with Crippen LogP contribution in [0.3, 0.4) is 0 Å². The lowest BCUT2D eigenvalue weighted by molar-refractivity contribution is 0.149. The molecule has 0 aliphatic rings. The Balaban J connectivity index is 1.69. The van der Waals surface area contributed by atoms with Gasteiger partial charge in [0.15, 0.2) is 0 Å². The Hall–Kier alpha value is -6.10. The van der Waals surface area contributed by atoms with Crippen molar-refractivity contribution in [3.8, 4) is 72.1 Å². The quantitative estimate of drug-likeness (QED) is 0.111. The molecule has 5 aromatic rings. The first kappa shape index (κ1) is 35.2. The van der Waals surface area contributed by atoms with Crippen molar-refractivity contribution in [2.45, 2.75) is 52.7 Å². The highest BCUT2D eigenvalue weighted by Crippen LogP contribution is 2.26. The van der Waals surface area contributed by atoms with E-state index in [4.69, 9.17) is 22.3 Å². The summed E-state index contributed by atoms with van der Waals surface area (Å²) in [5.74, 6) is 31.5. The molecular formula is C48H38O2. The summed E-state index contributed by atoms with van der Waals surface area (Å²) in [6, 6.07) is 29.3. The van der Waals surface area contributed by atoms with Crippen molar-refractivity contribution >= 4 is 21.5 Å². The van der Waals surface area contributed by atoms with Crippen molar-refractivity contribution in [3.63, 3.8) is 0 Å². The minimum absolute atomic E-state index is 0.323. The fourth-order valence-corrected chi connectivity index (χ4v) is 5.75. The molecular weight excluding hydrogens is 609 g/mol. The summed E-state index contributed by atoms with van der Waals surface area (Å²) in [5.41, 5.74) is 7.75. The molecule has 0 aromatic heterocycles. The summed E-state index contributed by atoms with van der Waals surface area (Å²) >= 11 is 0. The molecule has 242 valence electrons. The number of aryl methyl sites for hydroxylation is 2. The predicted molar refractivity (Wildman–Crippen MR) is 207 cm³/mol. The van der Waals surface area contributed by atoms with Crippen LogP contribution in [0, 0.1) is 72.1 Å². The van der Waals surface area contributed by atoms with E-state index in [0.717, 1.165) is 78.9 Å². The van der Waals surface area contributed by atoms with Crippen LogP contribution in [0.5, 0.6) is 0 Å². The lowest BCUT2D eigenvalue weighted by Crippen LogP contribution is -2.03. The standard InChI is InChI=1S/C48H38O2/c1-5-9-17-37-23-25-39-19-13-15-21-45(39)47(37)29-27-41-33-42(44(36-50-32-12-8-4)34-43(41)35-49-31-11-7-3)28-30-48-38(18-10-6-2)24-26-40-20-14-16-22-46(40)48/h1-2,13-16,19-26,33-34H,9-10,17-18,31-32,35-36H2,3-4H3. The molecule has 5 rings (SSSR count). The zero-order valence-corrected chi connectivity index (χ0v) is 28.7. The lowest BCUT2D eigenvalue weighted by atomic mass is 9.94. The van der Waals surface area contributed by atoms with E-state index in [1.165, 1.54) is 0 Å².